The first-order valence-electron chi connectivity index (χ1n) is 11.7. The van der Waals surface area contributed by atoms with Crippen molar-refractivity contribution in [2.45, 2.75) is 63.6 Å². The Morgan fingerprint density at radius 3 is 1.94 bits per heavy atom. The highest BCUT2D eigenvalue weighted by Crippen LogP contribution is 2.45. The zero-order chi connectivity index (χ0) is 22.8. The minimum atomic E-state index is -0.793. The third kappa shape index (κ3) is 4.44. The molecular weight excluding hydrogens is 400 g/mol. The van der Waals surface area contributed by atoms with Gasteiger partial charge in [-0.15, -0.1) is 0 Å². The summed E-state index contributed by atoms with van der Waals surface area (Å²) in [7, 11) is 0. The average molecular weight is 435 g/mol. The van der Waals surface area contributed by atoms with Crippen LogP contribution in [0.2, 0.25) is 0 Å². The van der Waals surface area contributed by atoms with E-state index in [-0.39, 0.29) is 11.9 Å². The number of carbonyl (C=O) groups excluding carboxylic acids is 2. The Morgan fingerprint density at radius 2 is 1.44 bits per heavy atom. The van der Waals surface area contributed by atoms with Gasteiger partial charge in [0.05, 0.1) is 11.5 Å². The summed E-state index contributed by atoms with van der Waals surface area (Å²) in [4.78, 5) is 29.1. The predicted molar refractivity (Wildman–Crippen MR) is 125 cm³/mol. The third-order valence-corrected chi connectivity index (χ3v) is 6.51. The number of carbonyl (C=O) groups is 2. The van der Waals surface area contributed by atoms with Crippen LogP contribution >= 0.6 is 0 Å². The minimum absolute atomic E-state index is 0.121. The number of nitrogens with one attached hydrogen (secondary N) is 1. The average Bonchev–Trinajstić information content (AvgIpc) is 3.21. The fourth-order valence-electron chi connectivity index (χ4n) is 5.13. The van der Waals surface area contributed by atoms with Gasteiger partial charge in [-0.25, -0.2) is 0 Å². The molecule has 0 aromatic heterocycles. The number of esters is 1. The standard InChI is InChI=1S/C27H34N2O3/c1-26(2,3)32-25(31)23-19-22(24(30)29-17-11-6-12-18-29)27(28-23,20-13-7-4-8-14-20)21-15-9-5-10-16-21/h4-5,7-10,13-16,22-23,28H,6,11-12,17-19H2,1-3H3. The second kappa shape index (κ2) is 9.07. The van der Waals surface area contributed by atoms with Crippen molar-refractivity contribution < 1.29 is 14.3 Å². The van der Waals surface area contributed by atoms with Crippen LogP contribution in [0.1, 0.15) is 57.6 Å². The Hall–Kier alpha value is -2.66. The highest BCUT2D eigenvalue weighted by Gasteiger charge is 2.55. The number of rotatable bonds is 4. The van der Waals surface area contributed by atoms with E-state index in [4.69, 9.17) is 4.74 Å². The summed E-state index contributed by atoms with van der Waals surface area (Å²) < 4.78 is 5.73. The smallest absolute Gasteiger partial charge is 0.323 e. The van der Waals surface area contributed by atoms with E-state index in [9.17, 15) is 9.59 Å². The molecule has 2 saturated heterocycles. The van der Waals surface area contributed by atoms with Crippen LogP contribution < -0.4 is 5.32 Å². The van der Waals surface area contributed by atoms with Gasteiger partial charge in [0.25, 0.3) is 0 Å². The predicted octanol–water partition coefficient (Wildman–Crippen LogP) is 4.26. The van der Waals surface area contributed by atoms with Crippen LogP contribution in [0.25, 0.3) is 0 Å². The fraction of sp³-hybridized carbons (Fsp3) is 0.481. The highest BCUT2D eigenvalue weighted by atomic mass is 16.6. The van der Waals surface area contributed by atoms with Gasteiger partial charge in [0.15, 0.2) is 0 Å². The molecule has 1 amide bonds. The highest BCUT2D eigenvalue weighted by molar-refractivity contribution is 5.86. The van der Waals surface area contributed by atoms with E-state index in [1.165, 1.54) is 0 Å². The van der Waals surface area contributed by atoms with Crippen molar-refractivity contribution >= 4 is 11.9 Å². The molecule has 2 heterocycles. The summed E-state index contributed by atoms with van der Waals surface area (Å²) in [6.07, 6.45) is 3.64. The van der Waals surface area contributed by atoms with Gasteiger partial charge in [-0.2, -0.15) is 0 Å². The van der Waals surface area contributed by atoms with Gasteiger partial charge in [-0.1, -0.05) is 60.7 Å². The van der Waals surface area contributed by atoms with E-state index in [0.717, 1.165) is 43.5 Å². The molecule has 32 heavy (non-hydrogen) atoms. The molecular formula is C27H34N2O3. The van der Waals surface area contributed by atoms with Crippen molar-refractivity contribution in [3.05, 3.63) is 71.8 Å². The van der Waals surface area contributed by atoms with Gasteiger partial charge in [-0.05, 0) is 57.6 Å². The lowest BCUT2D eigenvalue weighted by molar-refractivity contribution is -0.157. The lowest BCUT2D eigenvalue weighted by Gasteiger charge is -2.39. The summed E-state index contributed by atoms with van der Waals surface area (Å²) in [6, 6.07) is 19.6. The van der Waals surface area contributed by atoms with E-state index in [1.807, 2.05) is 86.3 Å². The summed E-state index contributed by atoms with van der Waals surface area (Å²) in [6.45, 7) is 7.19. The molecule has 170 valence electrons. The zero-order valence-corrected chi connectivity index (χ0v) is 19.3. The minimum Gasteiger partial charge on any atom is -0.459 e. The van der Waals surface area contributed by atoms with Crippen molar-refractivity contribution in [2.24, 2.45) is 5.92 Å². The molecule has 2 aromatic carbocycles. The van der Waals surface area contributed by atoms with Crippen LogP contribution in [-0.4, -0.2) is 41.5 Å². The molecule has 4 rings (SSSR count). The summed E-state index contributed by atoms with van der Waals surface area (Å²) in [5, 5.41) is 3.61. The number of amides is 1. The second-order valence-corrected chi connectivity index (χ2v) is 9.94. The molecule has 0 aliphatic carbocycles. The lowest BCUT2D eigenvalue weighted by Crippen LogP contribution is -2.52. The summed E-state index contributed by atoms with van der Waals surface area (Å²) >= 11 is 0. The van der Waals surface area contributed by atoms with E-state index in [1.54, 1.807) is 0 Å². The number of piperidine rings is 1. The first kappa shape index (κ1) is 22.5. The monoisotopic (exact) mass is 434 g/mol. The molecule has 0 saturated carbocycles. The Kier molecular flexibility index (Phi) is 6.38. The quantitative estimate of drug-likeness (QED) is 0.731. The lowest BCUT2D eigenvalue weighted by atomic mass is 9.73. The molecule has 5 nitrogen and oxygen atoms in total. The van der Waals surface area contributed by atoms with Crippen molar-refractivity contribution in [1.82, 2.24) is 10.2 Å². The van der Waals surface area contributed by atoms with Crippen LogP contribution in [0.5, 0.6) is 0 Å². The Labute approximate surface area is 191 Å². The van der Waals surface area contributed by atoms with Crippen LogP contribution in [0.15, 0.2) is 60.7 Å². The first-order chi connectivity index (χ1) is 15.3. The number of benzene rings is 2. The molecule has 2 aromatic rings. The Bertz CT molecular complexity index is 891. The molecule has 2 aliphatic heterocycles. The molecule has 2 aliphatic rings. The molecule has 0 spiro atoms. The number of ether oxygens (including phenoxy) is 1. The largest absolute Gasteiger partial charge is 0.459 e. The topological polar surface area (TPSA) is 58.6 Å². The molecule has 0 bridgehead atoms. The van der Waals surface area contributed by atoms with Gasteiger partial charge >= 0.3 is 5.97 Å². The molecule has 2 atom stereocenters. The maximum atomic E-state index is 13.9. The molecule has 2 fully saturated rings. The number of likely N-dealkylation sites (tertiary alicyclic amines) is 1. The maximum absolute atomic E-state index is 13.9. The Balaban J connectivity index is 1.81. The van der Waals surface area contributed by atoms with Crippen LogP contribution in [0.4, 0.5) is 0 Å². The summed E-state index contributed by atoms with van der Waals surface area (Å²) in [5.41, 5.74) is 0.606. The van der Waals surface area contributed by atoms with Crippen molar-refractivity contribution in [2.75, 3.05) is 13.1 Å². The Morgan fingerprint density at radius 1 is 0.906 bits per heavy atom. The van der Waals surface area contributed by atoms with Gasteiger partial charge < -0.3 is 9.64 Å². The normalized spacial score (nSPS) is 23.0. The van der Waals surface area contributed by atoms with Gasteiger partial charge in [-0.3, -0.25) is 14.9 Å². The molecule has 0 radical (unpaired) electrons. The summed E-state index contributed by atoms with van der Waals surface area (Å²) in [5.74, 6) is -0.582. The number of hydrogen-bond donors (Lipinski definition) is 1. The van der Waals surface area contributed by atoms with Crippen LogP contribution in [0.3, 0.4) is 0 Å². The van der Waals surface area contributed by atoms with E-state index >= 15 is 0 Å². The van der Waals surface area contributed by atoms with Gasteiger partial charge in [0.2, 0.25) is 5.91 Å². The first-order valence-corrected chi connectivity index (χ1v) is 11.7. The molecule has 1 N–H and O–H groups in total. The van der Waals surface area contributed by atoms with Crippen molar-refractivity contribution in [1.29, 1.82) is 0 Å². The van der Waals surface area contributed by atoms with Crippen molar-refractivity contribution in [3.63, 3.8) is 0 Å². The van der Waals surface area contributed by atoms with E-state index in [0.29, 0.717) is 6.42 Å². The number of nitrogens with zero attached hydrogens (tertiary/aromatic N) is 1. The maximum Gasteiger partial charge on any atom is 0.323 e. The third-order valence-electron chi connectivity index (χ3n) is 6.51. The van der Waals surface area contributed by atoms with Crippen LogP contribution in [0, 0.1) is 5.92 Å². The molecule has 5 heteroatoms. The van der Waals surface area contributed by atoms with E-state index < -0.39 is 23.1 Å². The second-order valence-electron chi connectivity index (χ2n) is 9.94. The zero-order valence-electron chi connectivity index (χ0n) is 19.3. The van der Waals surface area contributed by atoms with Crippen molar-refractivity contribution in [3.8, 4) is 0 Å². The number of hydrogen-bond acceptors (Lipinski definition) is 4. The van der Waals surface area contributed by atoms with Gasteiger partial charge in [0, 0.05) is 13.1 Å². The molecule has 2 unspecified atom stereocenters. The van der Waals surface area contributed by atoms with E-state index in [2.05, 4.69) is 5.32 Å². The fourth-order valence-corrected chi connectivity index (χ4v) is 5.13. The van der Waals surface area contributed by atoms with Crippen LogP contribution in [-0.2, 0) is 19.9 Å². The van der Waals surface area contributed by atoms with Gasteiger partial charge in [0.1, 0.15) is 11.6 Å². The SMILES string of the molecule is CC(C)(C)OC(=O)C1CC(C(=O)N2CCCCC2)C(c2ccccc2)(c2ccccc2)N1.